The Morgan fingerprint density at radius 2 is 1.40 bits per heavy atom. The van der Waals surface area contributed by atoms with Crippen molar-refractivity contribution in [2.45, 2.75) is 32.6 Å². The first-order valence-electron chi connectivity index (χ1n) is 8.69. The standard InChI is InChI=1S/C21H24O4/c1-2-3-14-24-20(22)18-12-7-13-19(16-18)21(23)25-15-8-11-17-9-5-4-6-10-17/h4-7,9-10,12-13,16H,2-3,8,11,14-15H2,1H3. The highest BCUT2D eigenvalue weighted by molar-refractivity contribution is 5.95. The van der Waals surface area contributed by atoms with Crippen LogP contribution in [0.1, 0.15) is 52.5 Å². The van der Waals surface area contributed by atoms with E-state index in [-0.39, 0.29) is 0 Å². The molecule has 0 spiro atoms. The predicted molar refractivity (Wildman–Crippen MR) is 96.7 cm³/mol. The zero-order chi connectivity index (χ0) is 17.9. The van der Waals surface area contributed by atoms with Gasteiger partial charge in [-0.25, -0.2) is 9.59 Å². The summed E-state index contributed by atoms with van der Waals surface area (Å²) in [4.78, 5) is 24.1. The van der Waals surface area contributed by atoms with Gasteiger partial charge in [0.05, 0.1) is 24.3 Å². The van der Waals surface area contributed by atoms with Gasteiger partial charge < -0.3 is 9.47 Å². The molecule has 0 aromatic heterocycles. The summed E-state index contributed by atoms with van der Waals surface area (Å²) in [7, 11) is 0. The predicted octanol–water partition coefficient (Wildman–Crippen LogP) is 4.43. The monoisotopic (exact) mass is 340 g/mol. The summed E-state index contributed by atoms with van der Waals surface area (Å²) < 4.78 is 10.5. The van der Waals surface area contributed by atoms with Gasteiger partial charge in [-0.05, 0) is 43.0 Å². The van der Waals surface area contributed by atoms with Gasteiger partial charge in [-0.2, -0.15) is 0 Å². The van der Waals surface area contributed by atoms with E-state index in [1.165, 1.54) is 11.6 Å². The number of benzene rings is 2. The maximum Gasteiger partial charge on any atom is 0.338 e. The van der Waals surface area contributed by atoms with E-state index in [1.807, 2.05) is 25.1 Å². The molecule has 0 bridgehead atoms. The summed E-state index contributed by atoms with van der Waals surface area (Å²) in [6.07, 6.45) is 3.41. The van der Waals surface area contributed by atoms with Gasteiger partial charge >= 0.3 is 11.9 Å². The average molecular weight is 340 g/mol. The van der Waals surface area contributed by atoms with Crippen molar-refractivity contribution in [2.75, 3.05) is 13.2 Å². The molecular formula is C21H24O4. The lowest BCUT2D eigenvalue weighted by molar-refractivity contribution is 0.0498. The van der Waals surface area contributed by atoms with Crippen LogP contribution in [0.4, 0.5) is 0 Å². The Hall–Kier alpha value is -2.62. The Morgan fingerprint density at radius 1 is 0.800 bits per heavy atom. The number of ether oxygens (including phenoxy) is 2. The Bertz CT molecular complexity index is 679. The zero-order valence-corrected chi connectivity index (χ0v) is 14.6. The van der Waals surface area contributed by atoms with Crippen LogP contribution >= 0.6 is 0 Å². The second kappa shape index (κ2) is 10.3. The lowest BCUT2D eigenvalue weighted by atomic mass is 10.1. The number of rotatable bonds is 9. The Morgan fingerprint density at radius 3 is 2.00 bits per heavy atom. The van der Waals surface area contributed by atoms with E-state index >= 15 is 0 Å². The normalized spacial score (nSPS) is 10.3. The first kappa shape index (κ1) is 18.7. The van der Waals surface area contributed by atoms with Crippen molar-refractivity contribution in [3.05, 3.63) is 71.3 Å². The molecule has 0 heterocycles. The fourth-order valence-electron chi connectivity index (χ4n) is 2.33. The van der Waals surface area contributed by atoms with Crippen LogP contribution in [-0.4, -0.2) is 25.2 Å². The third-order valence-corrected chi connectivity index (χ3v) is 3.75. The molecule has 2 rings (SSSR count). The number of hydrogen-bond acceptors (Lipinski definition) is 4. The highest BCUT2D eigenvalue weighted by Gasteiger charge is 2.12. The number of carbonyl (C=O) groups is 2. The van der Waals surface area contributed by atoms with Crippen LogP contribution in [0.2, 0.25) is 0 Å². The maximum atomic E-state index is 12.1. The molecule has 25 heavy (non-hydrogen) atoms. The molecule has 0 amide bonds. The molecule has 0 aliphatic carbocycles. The quantitative estimate of drug-likeness (QED) is 0.500. The fourth-order valence-corrected chi connectivity index (χ4v) is 2.33. The first-order chi connectivity index (χ1) is 12.2. The molecule has 4 nitrogen and oxygen atoms in total. The minimum atomic E-state index is -0.420. The van der Waals surface area contributed by atoms with E-state index in [0.29, 0.717) is 24.3 Å². The van der Waals surface area contributed by atoms with Crippen LogP contribution in [0.3, 0.4) is 0 Å². The molecule has 0 aliphatic rings. The summed E-state index contributed by atoms with van der Waals surface area (Å²) in [5.74, 6) is -0.830. The van der Waals surface area contributed by atoms with E-state index < -0.39 is 11.9 Å². The number of aryl methyl sites for hydroxylation is 1. The van der Waals surface area contributed by atoms with Crippen LogP contribution in [-0.2, 0) is 15.9 Å². The van der Waals surface area contributed by atoms with Gasteiger partial charge in [0.2, 0.25) is 0 Å². The number of hydrogen-bond donors (Lipinski definition) is 0. The van der Waals surface area contributed by atoms with Crippen molar-refractivity contribution in [2.24, 2.45) is 0 Å². The van der Waals surface area contributed by atoms with Crippen molar-refractivity contribution in [1.29, 1.82) is 0 Å². The van der Waals surface area contributed by atoms with Gasteiger partial charge in [-0.1, -0.05) is 49.7 Å². The Labute approximate surface area is 148 Å². The molecular weight excluding hydrogens is 316 g/mol. The second-order valence-corrected chi connectivity index (χ2v) is 5.80. The minimum Gasteiger partial charge on any atom is -0.462 e. The summed E-state index contributed by atoms with van der Waals surface area (Å²) >= 11 is 0. The molecule has 2 aromatic carbocycles. The maximum absolute atomic E-state index is 12.1. The number of unbranched alkanes of at least 4 members (excludes halogenated alkanes) is 1. The van der Waals surface area contributed by atoms with Gasteiger partial charge in [0.15, 0.2) is 0 Å². The topological polar surface area (TPSA) is 52.6 Å². The third kappa shape index (κ3) is 6.42. The summed E-state index contributed by atoms with van der Waals surface area (Å²) in [5, 5.41) is 0. The molecule has 0 aliphatic heterocycles. The molecule has 0 fully saturated rings. The average Bonchev–Trinajstić information content (AvgIpc) is 2.66. The van der Waals surface area contributed by atoms with Crippen LogP contribution in [0.5, 0.6) is 0 Å². The number of carbonyl (C=O) groups excluding carboxylic acids is 2. The van der Waals surface area contributed by atoms with Gasteiger partial charge in [0.1, 0.15) is 0 Å². The highest BCUT2D eigenvalue weighted by Crippen LogP contribution is 2.10. The molecule has 4 heteroatoms. The van der Waals surface area contributed by atoms with Gasteiger partial charge in [-0.3, -0.25) is 0 Å². The molecule has 0 N–H and O–H groups in total. The zero-order valence-electron chi connectivity index (χ0n) is 14.6. The largest absolute Gasteiger partial charge is 0.462 e. The highest BCUT2D eigenvalue weighted by atomic mass is 16.5. The van der Waals surface area contributed by atoms with E-state index in [4.69, 9.17) is 9.47 Å². The van der Waals surface area contributed by atoms with Crippen molar-refractivity contribution in [3.8, 4) is 0 Å². The fraction of sp³-hybridized carbons (Fsp3) is 0.333. The Kier molecular flexibility index (Phi) is 7.70. The minimum absolute atomic E-state index is 0.346. The summed E-state index contributed by atoms with van der Waals surface area (Å²) in [6, 6.07) is 16.5. The van der Waals surface area contributed by atoms with Gasteiger partial charge in [0, 0.05) is 0 Å². The summed E-state index contributed by atoms with van der Waals surface area (Å²) in [6.45, 7) is 2.77. The number of esters is 2. The van der Waals surface area contributed by atoms with E-state index in [1.54, 1.807) is 18.2 Å². The van der Waals surface area contributed by atoms with Crippen molar-refractivity contribution >= 4 is 11.9 Å². The van der Waals surface area contributed by atoms with Crippen molar-refractivity contribution in [3.63, 3.8) is 0 Å². The van der Waals surface area contributed by atoms with Crippen LogP contribution in [0.15, 0.2) is 54.6 Å². The van der Waals surface area contributed by atoms with Crippen LogP contribution in [0.25, 0.3) is 0 Å². The molecule has 132 valence electrons. The first-order valence-corrected chi connectivity index (χ1v) is 8.69. The van der Waals surface area contributed by atoms with E-state index in [2.05, 4.69) is 12.1 Å². The third-order valence-electron chi connectivity index (χ3n) is 3.75. The van der Waals surface area contributed by atoms with Crippen molar-refractivity contribution < 1.29 is 19.1 Å². The molecule has 0 saturated heterocycles. The van der Waals surface area contributed by atoms with E-state index in [9.17, 15) is 9.59 Å². The van der Waals surface area contributed by atoms with Crippen molar-refractivity contribution in [1.82, 2.24) is 0 Å². The SMILES string of the molecule is CCCCOC(=O)c1cccc(C(=O)OCCCc2ccccc2)c1. The van der Waals surface area contributed by atoms with Crippen LogP contribution < -0.4 is 0 Å². The lowest BCUT2D eigenvalue weighted by Crippen LogP contribution is -2.10. The van der Waals surface area contributed by atoms with Gasteiger partial charge in [0.25, 0.3) is 0 Å². The lowest BCUT2D eigenvalue weighted by Gasteiger charge is -2.07. The molecule has 0 saturated carbocycles. The molecule has 0 unspecified atom stereocenters. The second-order valence-electron chi connectivity index (χ2n) is 5.80. The molecule has 0 radical (unpaired) electrons. The smallest absolute Gasteiger partial charge is 0.338 e. The summed E-state index contributed by atoms with van der Waals surface area (Å²) in [5.41, 5.74) is 1.95. The molecule has 0 atom stereocenters. The van der Waals surface area contributed by atoms with E-state index in [0.717, 1.165) is 25.7 Å². The van der Waals surface area contributed by atoms with Crippen LogP contribution in [0, 0.1) is 0 Å². The Balaban J connectivity index is 1.81. The van der Waals surface area contributed by atoms with Gasteiger partial charge in [-0.15, -0.1) is 0 Å². The molecule has 2 aromatic rings.